The van der Waals surface area contributed by atoms with Crippen molar-refractivity contribution in [3.05, 3.63) is 63.7 Å². The van der Waals surface area contributed by atoms with Gasteiger partial charge in [0.05, 0.1) is 16.8 Å². The number of alkyl halides is 1. The zero-order valence-electron chi connectivity index (χ0n) is 19.8. The number of benzene rings is 2. The summed E-state index contributed by atoms with van der Waals surface area (Å²) in [4.78, 5) is 14.3. The third kappa shape index (κ3) is 6.92. The summed E-state index contributed by atoms with van der Waals surface area (Å²) in [6.07, 6.45) is 3.61. The van der Waals surface area contributed by atoms with Crippen LogP contribution in [0.5, 0.6) is 5.75 Å². The molecule has 1 saturated heterocycles. The quantitative estimate of drug-likeness (QED) is 0.499. The van der Waals surface area contributed by atoms with E-state index in [4.69, 9.17) is 16.3 Å². The van der Waals surface area contributed by atoms with Crippen molar-refractivity contribution in [2.45, 2.75) is 43.7 Å². The van der Waals surface area contributed by atoms with Gasteiger partial charge in [-0.15, -0.1) is 0 Å². The number of likely N-dealkylation sites (tertiary alicyclic amines) is 1. The van der Waals surface area contributed by atoms with Crippen LogP contribution in [0.4, 0.5) is 13.2 Å². The zero-order chi connectivity index (χ0) is 26.1. The summed E-state index contributed by atoms with van der Waals surface area (Å²) in [7, 11) is -3.85. The number of hydrogen-bond donors (Lipinski definition) is 1. The van der Waals surface area contributed by atoms with Crippen LogP contribution in [0.2, 0.25) is 5.02 Å². The van der Waals surface area contributed by atoms with Crippen molar-refractivity contribution >= 4 is 27.5 Å². The summed E-state index contributed by atoms with van der Waals surface area (Å²) in [6, 6.07) is 6.96. The molecule has 36 heavy (non-hydrogen) atoms. The normalized spacial score (nSPS) is 18.1. The average Bonchev–Trinajstić information content (AvgIpc) is 3.64. The molecule has 1 aliphatic carbocycles. The summed E-state index contributed by atoms with van der Waals surface area (Å²) in [5.41, 5.74) is -0.487. The largest absolute Gasteiger partial charge is 0.490 e. The Hall–Kier alpha value is -2.30. The monoisotopic (exact) mass is 544 g/mol. The molecule has 1 amide bonds. The van der Waals surface area contributed by atoms with E-state index in [0.717, 1.165) is 30.7 Å². The van der Waals surface area contributed by atoms with Gasteiger partial charge < -0.3 is 9.64 Å². The number of carbonyl (C=O) groups excluding carboxylic acids is 1. The lowest BCUT2D eigenvalue weighted by molar-refractivity contribution is 0.0174. The summed E-state index contributed by atoms with van der Waals surface area (Å²) in [6.45, 7) is 1.47. The molecular weight excluding hydrogens is 517 g/mol. The van der Waals surface area contributed by atoms with Crippen LogP contribution in [-0.4, -0.2) is 57.4 Å². The van der Waals surface area contributed by atoms with Crippen LogP contribution < -0.4 is 9.46 Å². The molecule has 196 valence electrons. The highest BCUT2D eigenvalue weighted by atomic mass is 35.5. The Balaban J connectivity index is 1.35. The molecule has 0 bridgehead atoms. The highest BCUT2D eigenvalue weighted by Crippen LogP contribution is 2.45. The molecule has 1 saturated carbocycles. The first kappa shape index (κ1) is 26.8. The van der Waals surface area contributed by atoms with E-state index < -0.39 is 33.2 Å². The van der Waals surface area contributed by atoms with Gasteiger partial charge in [-0.3, -0.25) is 4.79 Å². The van der Waals surface area contributed by atoms with E-state index in [1.54, 1.807) is 16.9 Å². The van der Waals surface area contributed by atoms with Gasteiger partial charge >= 0.3 is 0 Å². The number of sulfonamides is 1. The fraction of sp³-hybridized carbons (Fsp3) is 0.480. The first-order valence-electron chi connectivity index (χ1n) is 11.8. The Morgan fingerprint density at radius 3 is 2.47 bits per heavy atom. The third-order valence-electron chi connectivity index (χ3n) is 6.58. The maximum absolute atomic E-state index is 15.5. The topological polar surface area (TPSA) is 75.7 Å². The molecular formula is C25H28ClF3N2O4S. The highest BCUT2D eigenvalue weighted by molar-refractivity contribution is 7.89. The second-order valence-corrected chi connectivity index (χ2v) is 11.8. The van der Waals surface area contributed by atoms with E-state index in [2.05, 4.69) is 4.90 Å². The van der Waals surface area contributed by atoms with Crippen LogP contribution in [0.1, 0.15) is 53.1 Å². The lowest BCUT2D eigenvalue weighted by Crippen LogP contribution is -2.45. The SMILES string of the molecule is CS(=O)(=O)NC(=O)c1cc(C2CC2)c(OCC2(F)CCN(CCc3ccc(F)c(Cl)c3)CC2)cc1F. The average molecular weight is 545 g/mol. The van der Waals surface area contributed by atoms with Crippen molar-refractivity contribution in [2.24, 2.45) is 0 Å². The molecule has 0 spiro atoms. The van der Waals surface area contributed by atoms with Crippen LogP contribution in [0, 0.1) is 11.6 Å². The van der Waals surface area contributed by atoms with Gasteiger partial charge in [-0.25, -0.2) is 26.3 Å². The van der Waals surface area contributed by atoms with Crippen molar-refractivity contribution in [1.29, 1.82) is 0 Å². The summed E-state index contributed by atoms with van der Waals surface area (Å²) in [5, 5.41) is 0.0807. The minimum absolute atomic E-state index is 0.0581. The zero-order valence-corrected chi connectivity index (χ0v) is 21.4. The second kappa shape index (κ2) is 10.6. The third-order valence-corrected chi connectivity index (χ3v) is 7.42. The maximum atomic E-state index is 15.5. The minimum Gasteiger partial charge on any atom is -0.490 e. The smallest absolute Gasteiger partial charge is 0.267 e. The van der Waals surface area contributed by atoms with Crippen molar-refractivity contribution in [3.8, 4) is 5.75 Å². The van der Waals surface area contributed by atoms with Crippen LogP contribution in [0.15, 0.2) is 30.3 Å². The lowest BCUT2D eigenvalue weighted by atomic mass is 9.94. The van der Waals surface area contributed by atoms with Crippen LogP contribution in [-0.2, 0) is 16.4 Å². The first-order chi connectivity index (χ1) is 16.9. The van der Waals surface area contributed by atoms with Gasteiger partial charge in [0.2, 0.25) is 10.0 Å². The van der Waals surface area contributed by atoms with E-state index in [1.165, 1.54) is 12.1 Å². The molecule has 0 atom stereocenters. The Morgan fingerprint density at radius 1 is 1.17 bits per heavy atom. The first-order valence-corrected chi connectivity index (χ1v) is 14.0. The van der Waals surface area contributed by atoms with Gasteiger partial charge in [0, 0.05) is 25.7 Å². The van der Waals surface area contributed by atoms with Gasteiger partial charge in [0.15, 0.2) is 0 Å². The number of ether oxygens (including phenoxy) is 1. The Kier molecular flexibility index (Phi) is 7.87. The summed E-state index contributed by atoms with van der Waals surface area (Å²) in [5.74, 6) is -2.21. The molecule has 2 fully saturated rings. The van der Waals surface area contributed by atoms with Gasteiger partial charge in [0.1, 0.15) is 29.7 Å². The van der Waals surface area contributed by atoms with E-state index in [1.807, 2.05) is 0 Å². The number of carbonyl (C=O) groups is 1. The van der Waals surface area contributed by atoms with E-state index in [9.17, 15) is 22.0 Å². The molecule has 1 heterocycles. The van der Waals surface area contributed by atoms with E-state index in [-0.39, 0.29) is 41.7 Å². The number of rotatable bonds is 9. The van der Waals surface area contributed by atoms with Gasteiger partial charge in [-0.1, -0.05) is 17.7 Å². The highest BCUT2D eigenvalue weighted by Gasteiger charge is 2.36. The molecule has 4 rings (SSSR count). The maximum Gasteiger partial charge on any atom is 0.267 e. The van der Waals surface area contributed by atoms with Crippen LogP contribution >= 0.6 is 11.6 Å². The molecule has 1 aliphatic heterocycles. The van der Waals surface area contributed by atoms with Gasteiger partial charge in [-0.2, -0.15) is 0 Å². The number of piperidine rings is 1. The Morgan fingerprint density at radius 2 is 1.86 bits per heavy atom. The number of nitrogens with zero attached hydrogens (tertiary/aromatic N) is 1. The second-order valence-electron chi connectivity index (χ2n) is 9.63. The molecule has 2 aromatic carbocycles. The molecule has 2 aromatic rings. The molecule has 0 unspecified atom stereocenters. The fourth-order valence-electron chi connectivity index (χ4n) is 4.32. The van der Waals surface area contributed by atoms with Crippen LogP contribution in [0.25, 0.3) is 0 Å². The lowest BCUT2D eigenvalue weighted by Gasteiger charge is -2.36. The predicted molar refractivity (Wildman–Crippen MR) is 131 cm³/mol. The summed E-state index contributed by atoms with van der Waals surface area (Å²) >= 11 is 5.83. The Bertz CT molecular complexity index is 1250. The summed E-state index contributed by atoms with van der Waals surface area (Å²) < 4.78 is 73.7. The minimum atomic E-state index is -3.85. The molecule has 11 heteroatoms. The molecule has 0 radical (unpaired) electrons. The molecule has 1 N–H and O–H groups in total. The molecule has 2 aliphatic rings. The van der Waals surface area contributed by atoms with E-state index in [0.29, 0.717) is 31.6 Å². The van der Waals surface area contributed by atoms with Crippen molar-refractivity contribution in [1.82, 2.24) is 9.62 Å². The number of nitrogens with one attached hydrogen (secondary N) is 1. The number of amides is 1. The number of hydrogen-bond acceptors (Lipinski definition) is 5. The molecule has 6 nitrogen and oxygen atoms in total. The standard InChI is InChI=1S/C25H28ClF3N2O4S/c1-36(33,34)30-24(32)19-13-18(17-3-4-17)23(14-22(19)28)35-15-25(29)7-10-31(11-8-25)9-6-16-2-5-21(27)20(26)12-16/h2,5,12-14,17H,3-4,6-11,15H2,1H3,(H,30,32). The van der Waals surface area contributed by atoms with Gasteiger partial charge in [-0.05, 0) is 67.3 Å². The predicted octanol–water partition coefficient (Wildman–Crippen LogP) is 4.61. The molecule has 0 aromatic heterocycles. The van der Waals surface area contributed by atoms with Crippen molar-refractivity contribution in [2.75, 3.05) is 32.5 Å². The van der Waals surface area contributed by atoms with E-state index >= 15 is 4.39 Å². The Labute approximate surface area is 213 Å². The van der Waals surface area contributed by atoms with Crippen molar-refractivity contribution in [3.63, 3.8) is 0 Å². The fourth-order valence-corrected chi connectivity index (χ4v) is 4.97. The number of halogens is 4. The van der Waals surface area contributed by atoms with Gasteiger partial charge in [0.25, 0.3) is 5.91 Å². The van der Waals surface area contributed by atoms with Crippen molar-refractivity contribution < 1.29 is 31.1 Å². The van der Waals surface area contributed by atoms with Crippen LogP contribution in [0.3, 0.4) is 0 Å².